The number of carbonyl (C=O) groups is 2. The number of urea groups is 1. The minimum Gasteiger partial charge on any atom is -0.480 e. The van der Waals surface area contributed by atoms with Crippen LogP contribution in [0.2, 0.25) is 0 Å². The first-order valence-corrected chi connectivity index (χ1v) is 6.20. The van der Waals surface area contributed by atoms with Crippen LogP contribution >= 0.6 is 0 Å². The van der Waals surface area contributed by atoms with Crippen LogP contribution < -0.4 is 10.6 Å². The number of nitrogens with zero attached hydrogens (tertiary/aromatic N) is 1. The van der Waals surface area contributed by atoms with Gasteiger partial charge in [-0.15, -0.1) is 0 Å². The van der Waals surface area contributed by atoms with E-state index in [-0.39, 0.29) is 12.5 Å². The molecule has 0 radical (unpaired) electrons. The molecule has 2 amide bonds. The van der Waals surface area contributed by atoms with Crippen molar-refractivity contribution in [2.45, 2.75) is 26.4 Å². The molecular weight excluding hydrogens is 258 g/mol. The van der Waals surface area contributed by atoms with Crippen molar-refractivity contribution in [1.29, 1.82) is 5.26 Å². The molecule has 1 rings (SSSR count). The lowest BCUT2D eigenvalue weighted by Crippen LogP contribution is -2.48. The Kier molecular flexibility index (Phi) is 5.54. The van der Waals surface area contributed by atoms with Gasteiger partial charge < -0.3 is 15.7 Å². The molecule has 1 aromatic rings. The number of carboxylic acid groups (broad SMARTS) is 1. The van der Waals surface area contributed by atoms with Crippen LogP contribution in [-0.4, -0.2) is 23.1 Å². The number of rotatable bonds is 5. The van der Waals surface area contributed by atoms with Crippen LogP contribution in [0.5, 0.6) is 0 Å². The molecule has 20 heavy (non-hydrogen) atoms. The van der Waals surface area contributed by atoms with E-state index in [1.54, 1.807) is 38.1 Å². The van der Waals surface area contributed by atoms with Crippen LogP contribution in [0.1, 0.15) is 25.0 Å². The normalized spacial score (nSPS) is 11.5. The van der Waals surface area contributed by atoms with Crippen molar-refractivity contribution in [2.24, 2.45) is 5.92 Å². The fraction of sp³-hybridized carbons (Fsp3) is 0.357. The molecule has 0 fully saturated rings. The monoisotopic (exact) mass is 275 g/mol. The van der Waals surface area contributed by atoms with Crippen LogP contribution in [0, 0.1) is 17.2 Å². The number of carboxylic acids is 1. The number of hydrogen-bond donors (Lipinski definition) is 3. The second-order valence-electron chi connectivity index (χ2n) is 4.70. The minimum absolute atomic E-state index is 0.208. The predicted octanol–water partition coefficient (Wildman–Crippen LogP) is 1.47. The second kappa shape index (κ2) is 7.14. The Morgan fingerprint density at radius 3 is 2.65 bits per heavy atom. The Balaban J connectivity index is 2.55. The summed E-state index contributed by atoms with van der Waals surface area (Å²) in [4.78, 5) is 22.6. The number of hydrogen-bond acceptors (Lipinski definition) is 3. The standard InChI is InChI=1S/C14H17N3O3/c1-9(2)12(13(18)19)17-14(20)16-8-11-5-3-4-10(6-11)7-15/h3-6,9,12H,8H2,1-2H3,(H,18,19)(H2,16,17,20)/t12-/m1/s1. The van der Waals surface area contributed by atoms with Gasteiger partial charge in [-0.2, -0.15) is 5.26 Å². The maximum atomic E-state index is 11.6. The Hall–Kier alpha value is -2.55. The third-order valence-electron chi connectivity index (χ3n) is 2.73. The topological polar surface area (TPSA) is 102 Å². The molecule has 0 aliphatic carbocycles. The van der Waals surface area contributed by atoms with Crippen LogP contribution in [0.25, 0.3) is 0 Å². The molecule has 0 aliphatic rings. The third-order valence-corrected chi connectivity index (χ3v) is 2.73. The predicted molar refractivity (Wildman–Crippen MR) is 72.8 cm³/mol. The summed E-state index contributed by atoms with van der Waals surface area (Å²) in [5, 5.41) is 22.7. The molecule has 0 spiro atoms. The highest BCUT2D eigenvalue weighted by Crippen LogP contribution is 2.04. The summed E-state index contributed by atoms with van der Waals surface area (Å²) in [5.41, 5.74) is 1.28. The highest BCUT2D eigenvalue weighted by atomic mass is 16.4. The van der Waals surface area contributed by atoms with Gasteiger partial charge >= 0.3 is 12.0 Å². The number of benzene rings is 1. The molecule has 3 N–H and O–H groups in total. The molecule has 0 unspecified atom stereocenters. The molecule has 1 aromatic carbocycles. The summed E-state index contributed by atoms with van der Waals surface area (Å²) in [7, 11) is 0. The van der Waals surface area contributed by atoms with Crippen LogP contribution in [0.15, 0.2) is 24.3 Å². The van der Waals surface area contributed by atoms with Gasteiger partial charge in [0.1, 0.15) is 6.04 Å². The molecule has 106 valence electrons. The highest BCUT2D eigenvalue weighted by Gasteiger charge is 2.23. The zero-order valence-corrected chi connectivity index (χ0v) is 11.4. The maximum Gasteiger partial charge on any atom is 0.326 e. The largest absolute Gasteiger partial charge is 0.480 e. The van der Waals surface area contributed by atoms with Gasteiger partial charge in [-0.1, -0.05) is 26.0 Å². The van der Waals surface area contributed by atoms with E-state index < -0.39 is 18.0 Å². The number of nitriles is 1. The lowest BCUT2D eigenvalue weighted by Gasteiger charge is -2.18. The maximum absolute atomic E-state index is 11.6. The molecular formula is C14H17N3O3. The summed E-state index contributed by atoms with van der Waals surface area (Å²) in [6.45, 7) is 3.66. The lowest BCUT2D eigenvalue weighted by atomic mass is 10.1. The molecule has 0 heterocycles. The molecule has 0 aliphatic heterocycles. The van der Waals surface area contributed by atoms with Gasteiger partial charge in [0.05, 0.1) is 11.6 Å². The Bertz CT molecular complexity index is 535. The van der Waals surface area contributed by atoms with E-state index in [4.69, 9.17) is 10.4 Å². The van der Waals surface area contributed by atoms with E-state index in [0.717, 1.165) is 5.56 Å². The van der Waals surface area contributed by atoms with Gasteiger partial charge in [-0.05, 0) is 23.6 Å². The van der Waals surface area contributed by atoms with E-state index in [2.05, 4.69) is 10.6 Å². The Morgan fingerprint density at radius 1 is 1.40 bits per heavy atom. The first-order valence-electron chi connectivity index (χ1n) is 6.20. The van der Waals surface area contributed by atoms with Crippen molar-refractivity contribution in [3.8, 4) is 6.07 Å². The SMILES string of the molecule is CC(C)[C@@H](NC(=O)NCc1cccc(C#N)c1)C(=O)O. The molecule has 1 atom stereocenters. The van der Waals surface area contributed by atoms with Gasteiger partial charge in [0.25, 0.3) is 0 Å². The van der Waals surface area contributed by atoms with E-state index in [1.165, 1.54) is 0 Å². The third kappa shape index (κ3) is 4.61. The van der Waals surface area contributed by atoms with Crippen molar-refractivity contribution < 1.29 is 14.7 Å². The fourth-order valence-electron chi connectivity index (χ4n) is 1.64. The quantitative estimate of drug-likeness (QED) is 0.757. The average Bonchev–Trinajstić information content (AvgIpc) is 2.42. The fourth-order valence-corrected chi connectivity index (χ4v) is 1.64. The van der Waals surface area contributed by atoms with E-state index >= 15 is 0 Å². The van der Waals surface area contributed by atoms with E-state index in [9.17, 15) is 9.59 Å². The summed E-state index contributed by atoms with van der Waals surface area (Å²) >= 11 is 0. The lowest BCUT2D eigenvalue weighted by molar-refractivity contribution is -0.140. The first-order chi connectivity index (χ1) is 9.43. The van der Waals surface area contributed by atoms with Crippen LogP contribution in [-0.2, 0) is 11.3 Å². The number of carbonyl (C=O) groups excluding carboxylic acids is 1. The van der Waals surface area contributed by atoms with Crippen molar-refractivity contribution >= 4 is 12.0 Å². The van der Waals surface area contributed by atoms with Gasteiger partial charge in [0, 0.05) is 6.54 Å². The zero-order chi connectivity index (χ0) is 15.1. The molecule has 0 saturated heterocycles. The first kappa shape index (κ1) is 15.5. The average molecular weight is 275 g/mol. The summed E-state index contributed by atoms with van der Waals surface area (Å²) < 4.78 is 0. The minimum atomic E-state index is -1.07. The van der Waals surface area contributed by atoms with E-state index in [1.807, 2.05) is 6.07 Å². The number of amides is 2. The van der Waals surface area contributed by atoms with Gasteiger partial charge in [-0.3, -0.25) is 0 Å². The van der Waals surface area contributed by atoms with Crippen LogP contribution in [0.4, 0.5) is 4.79 Å². The van der Waals surface area contributed by atoms with Crippen molar-refractivity contribution in [2.75, 3.05) is 0 Å². The molecule has 0 bridgehead atoms. The van der Waals surface area contributed by atoms with Gasteiger partial charge in [0.2, 0.25) is 0 Å². The molecule has 6 nitrogen and oxygen atoms in total. The second-order valence-corrected chi connectivity index (χ2v) is 4.70. The van der Waals surface area contributed by atoms with Crippen molar-refractivity contribution in [3.05, 3.63) is 35.4 Å². The van der Waals surface area contributed by atoms with Crippen molar-refractivity contribution in [3.63, 3.8) is 0 Å². The highest BCUT2D eigenvalue weighted by molar-refractivity contribution is 5.82. The van der Waals surface area contributed by atoms with Crippen molar-refractivity contribution in [1.82, 2.24) is 10.6 Å². The summed E-state index contributed by atoms with van der Waals surface area (Å²) in [5.74, 6) is -1.28. The Labute approximate surface area is 117 Å². The summed E-state index contributed by atoms with van der Waals surface area (Å²) in [6, 6.07) is 7.37. The Morgan fingerprint density at radius 2 is 2.10 bits per heavy atom. The van der Waals surface area contributed by atoms with Gasteiger partial charge in [-0.25, -0.2) is 9.59 Å². The summed E-state index contributed by atoms with van der Waals surface area (Å²) in [6.07, 6.45) is 0. The van der Waals surface area contributed by atoms with Gasteiger partial charge in [0.15, 0.2) is 0 Å². The molecule has 0 saturated carbocycles. The number of nitrogens with one attached hydrogen (secondary N) is 2. The molecule has 6 heteroatoms. The van der Waals surface area contributed by atoms with Crippen LogP contribution in [0.3, 0.4) is 0 Å². The molecule has 0 aromatic heterocycles. The smallest absolute Gasteiger partial charge is 0.326 e. The number of aliphatic carboxylic acids is 1. The zero-order valence-electron chi connectivity index (χ0n) is 11.4. The van der Waals surface area contributed by atoms with E-state index in [0.29, 0.717) is 5.56 Å².